The van der Waals surface area contributed by atoms with Gasteiger partial charge in [0.05, 0.1) is 0 Å². The molecule has 0 fully saturated rings. The summed E-state index contributed by atoms with van der Waals surface area (Å²) in [6.45, 7) is 12.8. The van der Waals surface area contributed by atoms with Crippen LogP contribution in [0.2, 0.25) is 0 Å². The molecule has 0 amide bonds. The van der Waals surface area contributed by atoms with E-state index in [2.05, 4.69) is 77.9 Å². The lowest BCUT2D eigenvalue weighted by Crippen LogP contribution is -2.23. The Hall–Kier alpha value is -5.05. The highest BCUT2D eigenvalue weighted by molar-refractivity contribution is 7.49. The van der Waals surface area contributed by atoms with Crippen LogP contribution in [0.25, 0.3) is 0 Å². The van der Waals surface area contributed by atoms with Crippen LogP contribution < -0.4 is 13.6 Å². The topological polar surface area (TPSA) is 44.8 Å². The van der Waals surface area contributed by atoms with Gasteiger partial charge in [0.1, 0.15) is 17.2 Å². The second kappa shape index (κ2) is 14.1. The van der Waals surface area contributed by atoms with Crippen LogP contribution in [0.15, 0.2) is 164 Å². The Morgan fingerprint density at radius 1 is 0.340 bits per heavy atom. The Morgan fingerprint density at radius 3 is 0.820 bits per heavy atom. The highest BCUT2D eigenvalue weighted by atomic mass is 31.2. The molecule has 254 valence electrons. The zero-order valence-electron chi connectivity index (χ0n) is 29.7. The maximum absolute atomic E-state index is 15.5. The lowest BCUT2D eigenvalue weighted by molar-refractivity contribution is 0.292. The first-order valence-electron chi connectivity index (χ1n) is 17.1. The van der Waals surface area contributed by atoms with E-state index in [0.717, 1.165) is 33.4 Å². The molecule has 0 heterocycles. The van der Waals surface area contributed by atoms with Crippen LogP contribution in [0.4, 0.5) is 0 Å². The zero-order valence-corrected chi connectivity index (χ0v) is 30.6. The maximum Gasteiger partial charge on any atom is 0.647 e. The van der Waals surface area contributed by atoms with Crippen molar-refractivity contribution in [1.82, 2.24) is 0 Å². The van der Waals surface area contributed by atoms with Crippen molar-refractivity contribution in [1.29, 1.82) is 0 Å². The fourth-order valence-electron chi connectivity index (χ4n) is 6.64. The summed E-state index contributed by atoms with van der Waals surface area (Å²) in [5, 5.41) is 0. The van der Waals surface area contributed by atoms with E-state index in [-0.39, 0.29) is 0 Å². The number of phosphoric acid groups is 1. The van der Waals surface area contributed by atoms with Crippen molar-refractivity contribution in [2.24, 2.45) is 0 Å². The van der Waals surface area contributed by atoms with Gasteiger partial charge >= 0.3 is 7.82 Å². The normalized spacial score (nSPS) is 12.3. The average Bonchev–Trinajstić information content (AvgIpc) is 3.13. The standard InChI is InChI=1S/C45H45O4P/c1-43(2,34-22-10-7-11-23-34)37-28-16-19-31-40(37)47-50(46,48-41-32-20-17-29-38(41)44(3,4)35-24-12-8-13-25-35)49-42-33-21-18-30-39(42)45(5,6)36-26-14-9-15-27-36/h7-33H,1-6H3. The summed E-state index contributed by atoms with van der Waals surface area (Å²) in [6, 6.07) is 53.7. The summed E-state index contributed by atoms with van der Waals surface area (Å²) in [5.74, 6) is 1.26. The molecular weight excluding hydrogens is 635 g/mol. The number of benzene rings is 6. The molecule has 0 unspecified atom stereocenters. The van der Waals surface area contributed by atoms with Crippen molar-refractivity contribution < 1.29 is 18.1 Å². The van der Waals surface area contributed by atoms with E-state index in [1.54, 1.807) is 0 Å². The first-order valence-corrected chi connectivity index (χ1v) is 18.5. The summed E-state index contributed by atoms with van der Waals surface area (Å²) in [6.07, 6.45) is 0. The molecule has 0 saturated heterocycles. The van der Waals surface area contributed by atoms with Crippen molar-refractivity contribution in [3.8, 4) is 17.2 Å². The molecule has 6 aromatic rings. The number of phosphoric ester groups is 1. The molecule has 0 bridgehead atoms. The van der Waals surface area contributed by atoms with E-state index in [4.69, 9.17) is 13.6 Å². The summed E-state index contributed by atoms with van der Waals surface area (Å²) in [4.78, 5) is 0. The molecule has 6 aromatic carbocycles. The van der Waals surface area contributed by atoms with Crippen LogP contribution >= 0.6 is 7.82 Å². The van der Waals surface area contributed by atoms with Gasteiger partial charge < -0.3 is 13.6 Å². The monoisotopic (exact) mass is 680 g/mol. The van der Waals surface area contributed by atoms with Gasteiger partial charge in [-0.05, 0) is 34.9 Å². The van der Waals surface area contributed by atoms with E-state index < -0.39 is 24.1 Å². The Bertz CT molecular complexity index is 1850. The molecule has 0 N–H and O–H groups in total. The minimum absolute atomic E-state index is 0.421. The summed E-state index contributed by atoms with van der Waals surface area (Å²) in [7, 11) is -4.45. The van der Waals surface area contributed by atoms with Gasteiger partial charge in [0.25, 0.3) is 0 Å². The second-order valence-electron chi connectivity index (χ2n) is 14.2. The fourth-order valence-corrected chi connectivity index (χ4v) is 7.95. The van der Waals surface area contributed by atoms with E-state index >= 15 is 4.57 Å². The first-order chi connectivity index (χ1) is 23.9. The van der Waals surface area contributed by atoms with Crippen LogP contribution in [0, 0.1) is 0 Å². The molecule has 0 aliphatic carbocycles. The molecule has 4 nitrogen and oxygen atoms in total. The highest BCUT2D eigenvalue weighted by Crippen LogP contribution is 2.55. The smallest absolute Gasteiger partial charge is 0.386 e. The molecule has 0 spiro atoms. The third kappa shape index (κ3) is 7.13. The average molecular weight is 681 g/mol. The van der Waals surface area contributed by atoms with Gasteiger partial charge in [-0.1, -0.05) is 187 Å². The van der Waals surface area contributed by atoms with Gasteiger partial charge in [0, 0.05) is 32.9 Å². The van der Waals surface area contributed by atoms with Crippen molar-refractivity contribution in [3.63, 3.8) is 0 Å². The van der Waals surface area contributed by atoms with Crippen molar-refractivity contribution in [2.75, 3.05) is 0 Å². The highest BCUT2D eigenvalue weighted by Gasteiger charge is 2.40. The molecular formula is C45H45O4P. The van der Waals surface area contributed by atoms with Crippen molar-refractivity contribution in [3.05, 3.63) is 197 Å². The number of rotatable bonds is 12. The van der Waals surface area contributed by atoms with Crippen LogP contribution in [0.1, 0.15) is 74.9 Å². The Morgan fingerprint density at radius 2 is 0.560 bits per heavy atom. The van der Waals surface area contributed by atoms with E-state index in [1.807, 2.05) is 127 Å². The number of hydrogen-bond donors (Lipinski definition) is 0. The summed E-state index contributed by atoms with van der Waals surface area (Å²) < 4.78 is 35.3. The van der Waals surface area contributed by atoms with Crippen LogP contribution in [0.5, 0.6) is 17.2 Å². The van der Waals surface area contributed by atoms with Crippen LogP contribution in [-0.4, -0.2) is 0 Å². The van der Waals surface area contributed by atoms with Crippen molar-refractivity contribution in [2.45, 2.75) is 57.8 Å². The third-order valence-corrected chi connectivity index (χ3v) is 11.1. The van der Waals surface area contributed by atoms with Crippen LogP contribution in [-0.2, 0) is 20.8 Å². The lowest BCUT2D eigenvalue weighted by Gasteiger charge is -2.32. The number of hydrogen-bond acceptors (Lipinski definition) is 4. The third-order valence-electron chi connectivity index (χ3n) is 9.80. The molecule has 0 aliphatic rings. The lowest BCUT2D eigenvalue weighted by atomic mass is 9.78. The molecule has 0 saturated carbocycles. The van der Waals surface area contributed by atoms with E-state index in [1.165, 1.54) is 0 Å². The molecule has 0 radical (unpaired) electrons. The minimum Gasteiger partial charge on any atom is -0.386 e. The molecule has 0 atom stereocenters. The molecule has 50 heavy (non-hydrogen) atoms. The van der Waals surface area contributed by atoms with Crippen molar-refractivity contribution >= 4 is 7.82 Å². The minimum atomic E-state index is -4.45. The SMILES string of the molecule is CC(C)(c1ccccc1)c1ccccc1OP(=O)(Oc1ccccc1C(C)(C)c1ccccc1)Oc1ccccc1C(C)(C)c1ccccc1. The second-order valence-corrected chi connectivity index (χ2v) is 15.6. The van der Waals surface area contributed by atoms with Gasteiger partial charge in [-0.25, -0.2) is 0 Å². The maximum atomic E-state index is 15.5. The van der Waals surface area contributed by atoms with Crippen LogP contribution in [0.3, 0.4) is 0 Å². The summed E-state index contributed by atoms with van der Waals surface area (Å²) in [5.41, 5.74) is 4.40. The van der Waals surface area contributed by atoms with Gasteiger partial charge in [-0.15, -0.1) is 0 Å². The first kappa shape index (κ1) is 34.8. The van der Waals surface area contributed by atoms with Gasteiger partial charge in [-0.3, -0.25) is 0 Å². The predicted octanol–water partition coefficient (Wildman–Crippen LogP) is 12.3. The van der Waals surface area contributed by atoms with E-state index in [9.17, 15) is 0 Å². The Kier molecular flexibility index (Phi) is 9.78. The zero-order chi connectivity index (χ0) is 35.4. The van der Waals surface area contributed by atoms with Gasteiger partial charge in [-0.2, -0.15) is 4.57 Å². The largest absolute Gasteiger partial charge is 0.647 e. The molecule has 0 aromatic heterocycles. The quantitative estimate of drug-likeness (QED) is 0.121. The van der Waals surface area contributed by atoms with Gasteiger partial charge in [0.2, 0.25) is 0 Å². The molecule has 5 heteroatoms. The number of para-hydroxylation sites is 3. The predicted molar refractivity (Wildman–Crippen MR) is 205 cm³/mol. The fraction of sp³-hybridized carbons (Fsp3) is 0.200. The molecule has 0 aliphatic heterocycles. The van der Waals surface area contributed by atoms with E-state index in [0.29, 0.717) is 17.2 Å². The Labute approximate surface area is 297 Å². The Balaban J connectivity index is 1.48. The van der Waals surface area contributed by atoms with Gasteiger partial charge in [0.15, 0.2) is 0 Å². The molecule has 6 rings (SSSR count). The summed E-state index contributed by atoms with van der Waals surface area (Å²) >= 11 is 0.